The van der Waals surface area contributed by atoms with Crippen molar-refractivity contribution in [2.75, 3.05) is 7.11 Å². The predicted molar refractivity (Wildman–Crippen MR) is 127 cm³/mol. The van der Waals surface area contributed by atoms with Crippen molar-refractivity contribution < 1.29 is 9.84 Å². The largest absolute Gasteiger partial charge is 0.495 e. The van der Waals surface area contributed by atoms with E-state index in [0.29, 0.717) is 35.7 Å². The molecule has 1 aliphatic rings. The first kappa shape index (κ1) is 21.6. The van der Waals surface area contributed by atoms with Gasteiger partial charge in [-0.2, -0.15) is 10.4 Å². The van der Waals surface area contributed by atoms with Crippen LogP contribution in [0, 0.1) is 18.3 Å². The zero-order valence-corrected chi connectivity index (χ0v) is 19.0. The van der Waals surface area contributed by atoms with E-state index in [1.54, 1.807) is 42.4 Å². The number of aliphatic hydroxyl groups is 1. The Balaban J connectivity index is 1.43. The summed E-state index contributed by atoms with van der Waals surface area (Å²) in [5, 5.41) is 25.2. The maximum atomic E-state index is 11.5. The average molecular weight is 453 g/mol. The lowest BCUT2D eigenvalue weighted by Gasteiger charge is -2.31. The number of aryl methyl sites for hydroxylation is 2. The van der Waals surface area contributed by atoms with Crippen LogP contribution >= 0.6 is 0 Å². The van der Waals surface area contributed by atoms with Gasteiger partial charge < -0.3 is 14.4 Å². The molecule has 0 aliphatic carbocycles. The van der Waals surface area contributed by atoms with Gasteiger partial charge in [-0.1, -0.05) is 24.3 Å². The van der Waals surface area contributed by atoms with Crippen LogP contribution in [0.1, 0.15) is 46.9 Å². The third kappa shape index (κ3) is 3.87. The summed E-state index contributed by atoms with van der Waals surface area (Å²) in [5.74, 6) is 1.77. The van der Waals surface area contributed by atoms with Gasteiger partial charge in [0.25, 0.3) is 0 Å². The highest BCUT2D eigenvalue weighted by Crippen LogP contribution is 2.36. The van der Waals surface area contributed by atoms with Gasteiger partial charge in [0.15, 0.2) is 11.6 Å². The molecule has 1 aliphatic heterocycles. The zero-order chi connectivity index (χ0) is 23.7. The molecular formula is C26H24N6O2. The fraction of sp³-hybridized carbons (Fsp3) is 0.231. The number of methoxy groups -OCH3 is 1. The second-order valence-corrected chi connectivity index (χ2v) is 8.36. The minimum atomic E-state index is -1.24. The molecule has 0 radical (unpaired) electrons. The molecule has 2 aromatic carbocycles. The van der Waals surface area contributed by atoms with Gasteiger partial charge in [-0.3, -0.25) is 0 Å². The molecule has 2 aromatic heterocycles. The van der Waals surface area contributed by atoms with Gasteiger partial charge in [-0.05, 0) is 61.2 Å². The van der Waals surface area contributed by atoms with Crippen LogP contribution in [0.15, 0.2) is 55.0 Å². The first-order chi connectivity index (χ1) is 16.5. The second-order valence-electron chi connectivity index (χ2n) is 8.36. The number of ether oxygens (including phenoxy) is 1. The fourth-order valence-corrected chi connectivity index (χ4v) is 4.32. The Morgan fingerprint density at radius 1 is 1.18 bits per heavy atom. The van der Waals surface area contributed by atoms with Crippen molar-refractivity contribution in [2.45, 2.75) is 31.9 Å². The lowest BCUT2D eigenvalue weighted by Crippen LogP contribution is -2.35. The van der Waals surface area contributed by atoms with E-state index < -0.39 is 5.60 Å². The molecule has 34 heavy (non-hydrogen) atoms. The molecule has 0 saturated heterocycles. The molecule has 8 nitrogen and oxygen atoms in total. The smallest absolute Gasteiger partial charge is 0.174 e. The summed E-state index contributed by atoms with van der Waals surface area (Å²) < 4.78 is 9.29. The lowest BCUT2D eigenvalue weighted by molar-refractivity contribution is 0.0395. The first-order valence-electron chi connectivity index (χ1n) is 11.1. The summed E-state index contributed by atoms with van der Waals surface area (Å²) in [6, 6.07) is 15.0. The van der Waals surface area contributed by atoms with E-state index in [0.717, 1.165) is 29.1 Å². The number of aromatic nitrogens is 5. The van der Waals surface area contributed by atoms with Gasteiger partial charge in [-0.25, -0.2) is 14.6 Å². The summed E-state index contributed by atoms with van der Waals surface area (Å²) in [4.78, 5) is 8.94. The number of benzene rings is 2. The number of nitrogens with zero attached hydrogens (tertiary/aromatic N) is 6. The van der Waals surface area contributed by atoms with E-state index >= 15 is 0 Å². The summed E-state index contributed by atoms with van der Waals surface area (Å²) in [6.45, 7) is 2.64. The van der Waals surface area contributed by atoms with Crippen LogP contribution < -0.4 is 4.74 Å². The first-order valence-corrected chi connectivity index (χ1v) is 11.1. The van der Waals surface area contributed by atoms with Gasteiger partial charge in [-0.15, -0.1) is 0 Å². The summed E-state index contributed by atoms with van der Waals surface area (Å²) >= 11 is 0. The molecule has 5 rings (SSSR count). The lowest BCUT2D eigenvalue weighted by atomic mass is 9.86. The highest BCUT2D eigenvalue weighted by molar-refractivity contribution is 5.69. The topological polar surface area (TPSA) is 102 Å². The third-order valence-corrected chi connectivity index (χ3v) is 6.08. The average Bonchev–Trinajstić information content (AvgIpc) is 3.49. The molecule has 0 fully saturated rings. The van der Waals surface area contributed by atoms with Crippen molar-refractivity contribution in [3.63, 3.8) is 0 Å². The van der Waals surface area contributed by atoms with Crippen LogP contribution in [-0.4, -0.2) is 36.5 Å². The molecular weight excluding hydrogens is 428 g/mol. The third-order valence-electron chi connectivity index (χ3n) is 6.08. The Morgan fingerprint density at radius 3 is 2.71 bits per heavy atom. The van der Waals surface area contributed by atoms with Crippen LogP contribution in [0.25, 0.3) is 17.8 Å². The molecule has 1 atom stereocenters. The Morgan fingerprint density at radius 2 is 2.00 bits per heavy atom. The van der Waals surface area contributed by atoms with Gasteiger partial charge in [0.2, 0.25) is 0 Å². The van der Waals surface area contributed by atoms with Crippen molar-refractivity contribution in [2.24, 2.45) is 0 Å². The van der Waals surface area contributed by atoms with Crippen molar-refractivity contribution >= 4 is 12.2 Å². The maximum Gasteiger partial charge on any atom is 0.174 e. The number of imidazole rings is 1. The van der Waals surface area contributed by atoms with E-state index in [9.17, 15) is 5.11 Å². The van der Waals surface area contributed by atoms with E-state index in [1.165, 1.54) is 0 Å². The van der Waals surface area contributed by atoms with Crippen LogP contribution in [0.4, 0.5) is 0 Å². The highest BCUT2D eigenvalue weighted by Gasteiger charge is 2.39. The van der Waals surface area contributed by atoms with E-state index in [-0.39, 0.29) is 0 Å². The molecule has 3 heterocycles. The van der Waals surface area contributed by atoms with Crippen molar-refractivity contribution in [1.29, 1.82) is 5.26 Å². The van der Waals surface area contributed by atoms with Crippen LogP contribution in [0.3, 0.4) is 0 Å². The van der Waals surface area contributed by atoms with Crippen molar-refractivity contribution in [1.82, 2.24) is 24.3 Å². The Bertz CT molecular complexity index is 1410. The summed E-state index contributed by atoms with van der Waals surface area (Å²) in [7, 11) is 1.64. The minimum absolute atomic E-state index is 0.520. The van der Waals surface area contributed by atoms with Gasteiger partial charge >= 0.3 is 0 Å². The van der Waals surface area contributed by atoms with Gasteiger partial charge in [0, 0.05) is 12.7 Å². The van der Waals surface area contributed by atoms with Crippen LogP contribution in [-0.2, 0) is 12.1 Å². The summed E-state index contributed by atoms with van der Waals surface area (Å²) in [6.07, 6.45) is 8.79. The molecule has 4 aromatic rings. The van der Waals surface area contributed by atoms with Crippen molar-refractivity contribution in [3.05, 3.63) is 89.0 Å². The number of hydrogen-bond donors (Lipinski definition) is 1. The molecule has 0 amide bonds. The molecule has 0 saturated carbocycles. The monoisotopic (exact) mass is 452 g/mol. The van der Waals surface area contributed by atoms with Crippen LogP contribution in [0.5, 0.6) is 5.75 Å². The van der Waals surface area contributed by atoms with Crippen molar-refractivity contribution in [3.8, 4) is 17.5 Å². The van der Waals surface area contributed by atoms with E-state index in [1.807, 2.05) is 48.0 Å². The SMILES string of the molecule is COc1cc(C=Cc2nc3n(n2)CCC[C@]3(O)c2ccc(C#N)cc2)ccc1-n1cnc(C)c1. The number of nitriles is 1. The molecule has 8 heteroatoms. The van der Waals surface area contributed by atoms with Gasteiger partial charge in [0.1, 0.15) is 11.4 Å². The zero-order valence-electron chi connectivity index (χ0n) is 19.0. The number of fused-ring (bicyclic) bond motifs is 1. The molecule has 0 spiro atoms. The second kappa shape index (κ2) is 8.61. The minimum Gasteiger partial charge on any atom is -0.495 e. The Kier molecular flexibility index (Phi) is 5.48. The van der Waals surface area contributed by atoms with E-state index in [4.69, 9.17) is 10.00 Å². The van der Waals surface area contributed by atoms with Crippen LogP contribution in [0.2, 0.25) is 0 Å². The number of rotatable bonds is 5. The molecule has 0 unspecified atom stereocenters. The standard InChI is InChI=1S/C26H24N6O2/c1-18-16-31(17-28-18)22-10-6-19(14-23(22)34-2)7-11-24-29-25-26(33,12-3-13-32(25)30-24)21-8-4-20(15-27)5-9-21/h4-11,14,16-17,33H,3,12-13H2,1-2H3/t26-/m0/s1. The molecule has 0 bridgehead atoms. The Hall–Kier alpha value is -4.22. The fourth-order valence-electron chi connectivity index (χ4n) is 4.32. The maximum absolute atomic E-state index is 11.5. The normalized spacial score (nSPS) is 17.5. The molecule has 170 valence electrons. The Labute approximate surface area is 197 Å². The number of hydrogen-bond acceptors (Lipinski definition) is 6. The summed E-state index contributed by atoms with van der Waals surface area (Å²) in [5.41, 5.74) is 2.81. The molecule has 1 N–H and O–H groups in total. The quantitative estimate of drug-likeness (QED) is 0.493. The van der Waals surface area contributed by atoms with Gasteiger partial charge in [0.05, 0.1) is 36.5 Å². The van der Waals surface area contributed by atoms with E-state index in [2.05, 4.69) is 21.1 Å². The highest BCUT2D eigenvalue weighted by atomic mass is 16.5. The predicted octanol–water partition coefficient (Wildman–Crippen LogP) is 3.85.